The SMILES string of the molecule is COc1ccccc1-n1nnnc1SC(C)C(=O)N1CCN(c2ccccc2)CC1. The first-order valence-corrected chi connectivity index (χ1v) is 10.7. The van der Waals surface area contributed by atoms with Crippen LogP contribution in [0.15, 0.2) is 59.8 Å². The van der Waals surface area contributed by atoms with Gasteiger partial charge in [-0.3, -0.25) is 4.79 Å². The molecule has 156 valence electrons. The summed E-state index contributed by atoms with van der Waals surface area (Å²) in [6.07, 6.45) is 0. The van der Waals surface area contributed by atoms with Crippen molar-refractivity contribution in [3.8, 4) is 11.4 Å². The third-order valence-corrected chi connectivity index (χ3v) is 6.12. The largest absolute Gasteiger partial charge is 0.494 e. The van der Waals surface area contributed by atoms with E-state index in [1.807, 2.05) is 54.3 Å². The average molecular weight is 425 g/mol. The van der Waals surface area contributed by atoms with Gasteiger partial charge in [0.05, 0.1) is 12.4 Å². The van der Waals surface area contributed by atoms with Crippen molar-refractivity contribution < 1.29 is 9.53 Å². The number of rotatable bonds is 6. The van der Waals surface area contributed by atoms with Crippen LogP contribution in [0.4, 0.5) is 5.69 Å². The number of tetrazole rings is 1. The number of benzene rings is 2. The van der Waals surface area contributed by atoms with Gasteiger partial charge in [-0.1, -0.05) is 42.1 Å². The molecule has 1 fully saturated rings. The van der Waals surface area contributed by atoms with Crippen molar-refractivity contribution in [2.75, 3.05) is 38.2 Å². The number of nitrogens with zero attached hydrogens (tertiary/aromatic N) is 6. The van der Waals surface area contributed by atoms with Crippen LogP contribution in [-0.4, -0.2) is 69.6 Å². The minimum atomic E-state index is -0.298. The van der Waals surface area contributed by atoms with Gasteiger partial charge in [-0.15, -0.1) is 5.10 Å². The number of methoxy groups -OCH3 is 1. The van der Waals surface area contributed by atoms with E-state index in [4.69, 9.17) is 4.74 Å². The summed E-state index contributed by atoms with van der Waals surface area (Å²) in [6, 6.07) is 17.8. The molecule has 1 atom stereocenters. The highest BCUT2D eigenvalue weighted by Gasteiger charge is 2.27. The molecule has 2 heterocycles. The van der Waals surface area contributed by atoms with Crippen molar-refractivity contribution >= 4 is 23.4 Å². The van der Waals surface area contributed by atoms with Crippen molar-refractivity contribution in [3.63, 3.8) is 0 Å². The first kappa shape index (κ1) is 20.2. The van der Waals surface area contributed by atoms with Crippen LogP contribution in [-0.2, 0) is 4.79 Å². The molecule has 9 heteroatoms. The third kappa shape index (κ3) is 4.25. The van der Waals surface area contributed by atoms with Gasteiger partial charge >= 0.3 is 0 Å². The Hall–Kier alpha value is -3.07. The normalized spacial score (nSPS) is 15.1. The number of piperazine rings is 1. The number of hydrogen-bond donors (Lipinski definition) is 0. The zero-order valence-corrected chi connectivity index (χ0v) is 17.8. The minimum absolute atomic E-state index is 0.0993. The molecule has 3 aromatic rings. The maximum Gasteiger partial charge on any atom is 0.236 e. The molecule has 0 bridgehead atoms. The quantitative estimate of drug-likeness (QED) is 0.563. The lowest BCUT2D eigenvalue weighted by atomic mass is 10.2. The predicted octanol–water partition coefficient (Wildman–Crippen LogP) is 2.50. The van der Waals surface area contributed by atoms with Crippen molar-refractivity contribution in [2.45, 2.75) is 17.3 Å². The molecule has 0 spiro atoms. The minimum Gasteiger partial charge on any atom is -0.494 e. The summed E-state index contributed by atoms with van der Waals surface area (Å²) >= 11 is 1.36. The van der Waals surface area contributed by atoms with Gasteiger partial charge in [0.1, 0.15) is 11.4 Å². The van der Waals surface area contributed by atoms with Crippen LogP contribution in [0.2, 0.25) is 0 Å². The molecule has 2 aromatic carbocycles. The van der Waals surface area contributed by atoms with Crippen LogP contribution in [0.3, 0.4) is 0 Å². The predicted molar refractivity (Wildman–Crippen MR) is 116 cm³/mol. The summed E-state index contributed by atoms with van der Waals surface area (Å²) in [7, 11) is 1.61. The van der Waals surface area contributed by atoms with Crippen LogP contribution in [0, 0.1) is 0 Å². The van der Waals surface area contributed by atoms with Crippen molar-refractivity contribution in [1.29, 1.82) is 0 Å². The standard InChI is InChI=1S/C21H24N6O2S/c1-16(20(28)26-14-12-25(13-15-26)17-8-4-3-5-9-17)30-21-22-23-24-27(21)18-10-6-7-11-19(18)29-2/h3-11,16H,12-15H2,1-2H3. The highest BCUT2D eigenvalue weighted by atomic mass is 32.2. The lowest BCUT2D eigenvalue weighted by Crippen LogP contribution is -2.50. The van der Waals surface area contributed by atoms with E-state index in [9.17, 15) is 4.79 Å². The van der Waals surface area contributed by atoms with E-state index in [1.165, 1.54) is 17.4 Å². The fourth-order valence-electron chi connectivity index (χ4n) is 3.50. The number of hydrogen-bond acceptors (Lipinski definition) is 7. The molecule has 1 aliphatic heterocycles. The molecule has 1 aliphatic rings. The Bertz CT molecular complexity index is 988. The topological polar surface area (TPSA) is 76.4 Å². The Balaban J connectivity index is 1.40. The van der Waals surface area contributed by atoms with Gasteiger partial charge in [0, 0.05) is 31.9 Å². The maximum atomic E-state index is 13.0. The van der Waals surface area contributed by atoms with Gasteiger partial charge in [-0.05, 0) is 41.6 Å². The smallest absolute Gasteiger partial charge is 0.236 e. The number of carbonyl (C=O) groups excluding carboxylic acids is 1. The van der Waals surface area contributed by atoms with E-state index < -0.39 is 0 Å². The fourth-order valence-corrected chi connectivity index (χ4v) is 4.38. The number of carbonyl (C=O) groups is 1. The van der Waals surface area contributed by atoms with E-state index in [2.05, 4.69) is 32.6 Å². The van der Waals surface area contributed by atoms with Crippen molar-refractivity contribution in [2.24, 2.45) is 0 Å². The zero-order valence-electron chi connectivity index (χ0n) is 17.0. The second-order valence-electron chi connectivity index (χ2n) is 6.95. The Kier molecular flexibility index (Phi) is 6.18. The molecule has 0 saturated carbocycles. The fraction of sp³-hybridized carbons (Fsp3) is 0.333. The number of ether oxygens (including phenoxy) is 1. The molecule has 0 N–H and O–H groups in total. The first-order valence-electron chi connectivity index (χ1n) is 9.84. The lowest BCUT2D eigenvalue weighted by molar-refractivity contribution is -0.130. The van der Waals surface area contributed by atoms with E-state index in [0.717, 1.165) is 18.8 Å². The first-order chi connectivity index (χ1) is 14.7. The van der Waals surface area contributed by atoms with Gasteiger partial charge in [0.25, 0.3) is 0 Å². The number of aromatic nitrogens is 4. The molecule has 8 nitrogen and oxygen atoms in total. The van der Waals surface area contributed by atoms with Crippen molar-refractivity contribution in [3.05, 3.63) is 54.6 Å². The number of amides is 1. The van der Waals surface area contributed by atoms with Crippen LogP contribution < -0.4 is 9.64 Å². The van der Waals surface area contributed by atoms with Crippen molar-refractivity contribution in [1.82, 2.24) is 25.1 Å². The molecule has 4 rings (SSSR count). The van der Waals surface area contributed by atoms with Crippen LogP contribution in [0.5, 0.6) is 5.75 Å². The summed E-state index contributed by atoms with van der Waals surface area (Å²) < 4.78 is 7.02. The number of anilines is 1. The second kappa shape index (κ2) is 9.17. The summed E-state index contributed by atoms with van der Waals surface area (Å²) in [5, 5.41) is 12.3. The Morgan fingerprint density at radius 2 is 1.73 bits per heavy atom. The highest BCUT2D eigenvalue weighted by molar-refractivity contribution is 8.00. The van der Waals surface area contributed by atoms with E-state index in [1.54, 1.807) is 11.8 Å². The van der Waals surface area contributed by atoms with E-state index >= 15 is 0 Å². The maximum absolute atomic E-state index is 13.0. The third-order valence-electron chi connectivity index (χ3n) is 5.10. The Labute approximate surface area is 179 Å². The summed E-state index contributed by atoms with van der Waals surface area (Å²) in [4.78, 5) is 17.3. The van der Waals surface area contributed by atoms with Gasteiger partial charge < -0.3 is 14.5 Å². The summed E-state index contributed by atoms with van der Waals surface area (Å²) in [5.74, 6) is 0.768. The van der Waals surface area contributed by atoms with Gasteiger partial charge in [0.15, 0.2) is 0 Å². The van der Waals surface area contributed by atoms with Crippen LogP contribution in [0.25, 0.3) is 5.69 Å². The molecule has 0 radical (unpaired) electrons. The molecular formula is C21H24N6O2S. The summed E-state index contributed by atoms with van der Waals surface area (Å²) in [6.45, 7) is 4.96. The monoisotopic (exact) mass is 424 g/mol. The van der Waals surface area contributed by atoms with Crippen LogP contribution >= 0.6 is 11.8 Å². The number of para-hydroxylation sites is 3. The average Bonchev–Trinajstić information content (AvgIpc) is 3.27. The van der Waals surface area contributed by atoms with E-state index in [-0.39, 0.29) is 11.2 Å². The second-order valence-corrected chi connectivity index (χ2v) is 8.26. The van der Waals surface area contributed by atoms with E-state index in [0.29, 0.717) is 24.0 Å². The Morgan fingerprint density at radius 1 is 1.03 bits per heavy atom. The zero-order chi connectivity index (χ0) is 20.9. The Morgan fingerprint density at radius 3 is 2.47 bits per heavy atom. The summed E-state index contributed by atoms with van der Waals surface area (Å²) in [5.41, 5.74) is 1.94. The molecule has 1 amide bonds. The molecular weight excluding hydrogens is 400 g/mol. The lowest BCUT2D eigenvalue weighted by Gasteiger charge is -2.37. The molecule has 1 unspecified atom stereocenters. The van der Waals surface area contributed by atoms with Gasteiger partial charge in [-0.2, -0.15) is 4.68 Å². The van der Waals surface area contributed by atoms with Crippen LogP contribution in [0.1, 0.15) is 6.92 Å². The molecule has 1 saturated heterocycles. The number of thioether (sulfide) groups is 1. The highest BCUT2D eigenvalue weighted by Crippen LogP contribution is 2.28. The van der Waals surface area contributed by atoms with Gasteiger partial charge in [0.2, 0.25) is 11.1 Å². The van der Waals surface area contributed by atoms with Gasteiger partial charge in [-0.25, -0.2) is 0 Å². The molecule has 0 aliphatic carbocycles. The molecule has 1 aromatic heterocycles. The molecule has 30 heavy (non-hydrogen) atoms.